The molecule has 0 aliphatic heterocycles. The molecule has 0 bridgehead atoms. The number of furan rings is 1. The normalized spacial score (nSPS) is 11.7. The van der Waals surface area contributed by atoms with Crippen LogP contribution in [0.1, 0.15) is 12.5 Å². The average molecular weight is 561 g/mol. The number of phenolic OH excluding ortho intramolecular Hbond substituents is 7. The fraction of sp³-hybridized carbons (Fsp3) is 0.0588. The standard InChI is InChI=1S/C34H24O8/c1-2-17-28(35)24-22(15-8-4-3-5-9-15)25-27(32(39)34(41)33(40)31(25)38)23(26(24)30(37)29(17)36)16-12-13-21-19(14-16)18-10-6-7-11-20(18)42-21/h3-14,35-41H,2H2,1H3. The van der Waals surface area contributed by atoms with E-state index in [9.17, 15) is 35.7 Å². The number of phenols is 7. The lowest BCUT2D eigenvalue weighted by molar-refractivity contribution is 0.351. The molecule has 0 saturated heterocycles. The van der Waals surface area contributed by atoms with E-state index in [1.807, 2.05) is 24.3 Å². The topological polar surface area (TPSA) is 155 Å². The average Bonchev–Trinajstić information content (AvgIpc) is 3.39. The van der Waals surface area contributed by atoms with Gasteiger partial charge < -0.3 is 40.2 Å². The van der Waals surface area contributed by atoms with Gasteiger partial charge in [0, 0.05) is 49.0 Å². The number of para-hydroxylation sites is 1. The second-order valence-corrected chi connectivity index (χ2v) is 10.2. The van der Waals surface area contributed by atoms with Crippen molar-refractivity contribution >= 4 is 43.5 Å². The Morgan fingerprint density at radius 3 is 1.64 bits per heavy atom. The molecule has 1 heterocycles. The summed E-state index contributed by atoms with van der Waals surface area (Å²) in [5, 5.41) is 79.7. The van der Waals surface area contributed by atoms with Gasteiger partial charge in [0.2, 0.25) is 11.5 Å². The van der Waals surface area contributed by atoms with Gasteiger partial charge in [0.1, 0.15) is 16.9 Å². The molecule has 7 rings (SSSR count). The molecule has 0 aliphatic rings. The summed E-state index contributed by atoms with van der Waals surface area (Å²) in [6, 6.07) is 21.2. The molecule has 0 atom stereocenters. The molecule has 0 aliphatic carbocycles. The molecule has 7 aromatic rings. The lowest BCUT2D eigenvalue weighted by Gasteiger charge is -2.23. The van der Waals surface area contributed by atoms with Gasteiger partial charge in [0.05, 0.1) is 0 Å². The van der Waals surface area contributed by atoms with Gasteiger partial charge in [-0.05, 0) is 35.7 Å². The van der Waals surface area contributed by atoms with E-state index in [1.165, 1.54) is 0 Å². The predicted octanol–water partition coefficient (Wildman–Crippen LogP) is 7.73. The van der Waals surface area contributed by atoms with Crippen LogP contribution in [0.2, 0.25) is 0 Å². The zero-order valence-corrected chi connectivity index (χ0v) is 22.2. The number of hydrogen-bond donors (Lipinski definition) is 7. The second kappa shape index (κ2) is 8.87. The fourth-order valence-electron chi connectivity index (χ4n) is 6.08. The molecule has 208 valence electrons. The first-order chi connectivity index (χ1) is 20.2. The molecule has 0 amide bonds. The van der Waals surface area contributed by atoms with E-state index in [0.717, 1.165) is 5.39 Å². The summed E-state index contributed by atoms with van der Waals surface area (Å²) in [5.74, 6) is -4.84. The van der Waals surface area contributed by atoms with Crippen LogP contribution in [-0.4, -0.2) is 35.7 Å². The summed E-state index contributed by atoms with van der Waals surface area (Å²) >= 11 is 0. The van der Waals surface area contributed by atoms with E-state index in [1.54, 1.807) is 55.5 Å². The summed E-state index contributed by atoms with van der Waals surface area (Å²) in [5.41, 5.74) is 2.44. The Morgan fingerprint density at radius 2 is 1.00 bits per heavy atom. The van der Waals surface area contributed by atoms with Crippen LogP contribution in [-0.2, 0) is 6.42 Å². The van der Waals surface area contributed by atoms with Gasteiger partial charge in [0.25, 0.3) is 0 Å². The Labute approximate surface area is 237 Å². The maximum Gasteiger partial charge on any atom is 0.204 e. The quantitative estimate of drug-likeness (QED) is 0.0658. The summed E-state index contributed by atoms with van der Waals surface area (Å²) in [4.78, 5) is 0. The number of benzene rings is 6. The molecular weight excluding hydrogens is 536 g/mol. The summed E-state index contributed by atoms with van der Waals surface area (Å²) in [6.07, 6.45) is 0.161. The molecule has 0 fully saturated rings. The third-order valence-corrected chi connectivity index (χ3v) is 8.00. The van der Waals surface area contributed by atoms with Gasteiger partial charge in [-0.15, -0.1) is 0 Å². The van der Waals surface area contributed by atoms with Crippen LogP contribution in [0.15, 0.2) is 77.2 Å². The Morgan fingerprint density at radius 1 is 0.476 bits per heavy atom. The lowest BCUT2D eigenvalue weighted by Crippen LogP contribution is -1.96. The van der Waals surface area contributed by atoms with Crippen LogP contribution >= 0.6 is 0 Å². The summed E-state index contributed by atoms with van der Waals surface area (Å²) < 4.78 is 5.97. The number of hydrogen-bond acceptors (Lipinski definition) is 8. The molecule has 42 heavy (non-hydrogen) atoms. The minimum Gasteiger partial charge on any atom is -0.507 e. The molecule has 0 spiro atoms. The van der Waals surface area contributed by atoms with Crippen molar-refractivity contribution in [2.45, 2.75) is 13.3 Å². The van der Waals surface area contributed by atoms with Gasteiger partial charge in [-0.1, -0.05) is 61.5 Å². The third kappa shape index (κ3) is 3.23. The maximum absolute atomic E-state index is 11.6. The Hall–Kier alpha value is -5.76. The van der Waals surface area contributed by atoms with Crippen LogP contribution in [0.5, 0.6) is 40.2 Å². The highest BCUT2D eigenvalue weighted by atomic mass is 16.3. The maximum atomic E-state index is 11.6. The van der Waals surface area contributed by atoms with Crippen molar-refractivity contribution < 1.29 is 40.2 Å². The number of aromatic hydroxyl groups is 7. The highest BCUT2D eigenvalue weighted by Gasteiger charge is 2.32. The molecule has 0 radical (unpaired) electrons. The van der Waals surface area contributed by atoms with Crippen molar-refractivity contribution in [1.29, 1.82) is 0 Å². The first-order valence-corrected chi connectivity index (χ1v) is 13.3. The summed E-state index contributed by atoms with van der Waals surface area (Å²) in [6.45, 7) is 1.70. The minimum absolute atomic E-state index is 0.0273. The van der Waals surface area contributed by atoms with E-state index in [4.69, 9.17) is 4.42 Å². The van der Waals surface area contributed by atoms with E-state index in [0.29, 0.717) is 27.7 Å². The fourth-order valence-corrected chi connectivity index (χ4v) is 6.08. The zero-order valence-electron chi connectivity index (χ0n) is 22.2. The van der Waals surface area contributed by atoms with Gasteiger partial charge in [0.15, 0.2) is 23.0 Å². The van der Waals surface area contributed by atoms with E-state index in [2.05, 4.69) is 0 Å². The molecule has 1 aromatic heterocycles. The lowest BCUT2D eigenvalue weighted by atomic mass is 9.82. The minimum atomic E-state index is -0.965. The van der Waals surface area contributed by atoms with Crippen LogP contribution < -0.4 is 0 Å². The van der Waals surface area contributed by atoms with Crippen molar-refractivity contribution in [2.24, 2.45) is 0 Å². The molecular formula is C34H24O8. The number of rotatable bonds is 3. The van der Waals surface area contributed by atoms with E-state index < -0.39 is 34.5 Å². The molecule has 6 aromatic carbocycles. The number of fused-ring (bicyclic) bond motifs is 5. The summed E-state index contributed by atoms with van der Waals surface area (Å²) in [7, 11) is 0. The highest BCUT2D eigenvalue weighted by Crippen LogP contribution is 2.60. The first kappa shape index (κ1) is 25.2. The van der Waals surface area contributed by atoms with Crippen molar-refractivity contribution in [3.05, 3.63) is 78.4 Å². The van der Waals surface area contributed by atoms with Crippen molar-refractivity contribution in [3.8, 4) is 62.5 Å². The Kier molecular flexibility index (Phi) is 5.33. The van der Waals surface area contributed by atoms with Crippen LogP contribution in [0, 0.1) is 0 Å². The molecule has 8 nitrogen and oxygen atoms in total. The second-order valence-electron chi connectivity index (χ2n) is 10.2. The van der Waals surface area contributed by atoms with Crippen molar-refractivity contribution in [3.63, 3.8) is 0 Å². The molecule has 0 saturated carbocycles. The molecule has 7 N–H and O–H groups in total. The van der Waals surface area contributed by atoms with Gasteiger partial charge in [-0.2, -0.15) is 0 Å². The third-order valence-electron chi connectivity index (χ3n) is 8.00. The Balaban J connectivity index is 1.81. The largest absolute Gasteiger partial charge is 0.507 e. The van der Waals surface area contributed by atoms with E-state index in [-0.39, 0.29) is 50.4 Å². The highest BCUT2D eigenvalue weighted by molar-refractivity contribution is 6.29. The monoisotopic (exact) mass is 560 g/mol. The first-order valence-electron chi connectivity index (χ1n) is 13.3. The van der Waals surface area contributed by atoms with Crippen molar-refractivity contribution in [2.75, 3.05) is 0 Å². The molecule has 0 unspecified atom stereocenters. The van der Waals surface area contributed by atoms with E-state index >= 15 is 0 Å². The zero-order chi connectivity index (χ0) is 29.4. The van der Waals surface area contributed by atoms with Crippen LogP contribution in [0.4, 0.5) is 0 Å². The predicted molar refractivity (Wildman–Crippen MR) is 161 cm³/mol. The SMILES string of the molecule is CCc1c(O)c(O)c2c(-c3ccc4oc5ccccc5c4c3)c3c(O)c(O)c(O)c(O)c3c(-c3ccccc3)c2c1O. The van der Waals surface area contributed by atoms with Gasteiger partial charge in [-0.25, -0.2) is 0 Å². The van der Waals surface area contributed by atoms with Crippen LogP contribution in [0.3, 0.4) is 0 Å². The van der Waals surface area contributed by atoms with Crippen molar-refractivity contribution in [1.82, 2.24) is 0 Å². The van der Waals surface area contributed by atoms with Gasteiger partial charge in [-0.3, -0.25) is 0 Å². The molecule has 8 heteroatoms. The Bertz CT molecular complexity index is 2250. The van der Waals surface area contributed by atoms with Gasteiger partial charge >= 0.3 is 0 Å². The van der Waals surface area contributed by atoms with Crippen LogP contribution in [0.25, 0.3) is 65.7 Å². The smallest absolute Gasteiger partial charge is 0.204 e.